The first-order chi connectivity index (χ1) is 9.70. The molecule has 1 aromatic rings. The predicted molar refractivity (Wildman–Crippen MR) is 75.8 cm³/mol. The lowest BCUT2D eigenvalue weighted by Crippen LogP contribution is -2.29. The van der Waals surface area contributed by atoms with E-state index in [2.05, 4.69) is 5.32 Å². The minimum absolute atomic E-state index is 0.0992. The van der Waals surface area contributed by atoms with Gasteiger partial charge in [-0.1, -0.05) is 11.6 Å². The summed E-state index contributed by atoms with van der Waals surface area (Å²) in [5.41, 5.74) is 0. The molecule has 2 aliphatic rings. The number of halogens is 2. The van der Waals surface area contributed by atoms with E-state index in [4.69, 9.17) is 21.1 Å². The summed E-state index contributed by atoms with van der Waals surface area (Å²) in [6.07, 6.45) is 5.03. The van der Waals surface area contributed by atoms with Gasteiger partial charge in [-0.15, -0.1) is 0 Å². The zero-order valence-corrected chi connectivity index (χ0v) is 12.0. The van der Waals surface area contributed by atoms with Crippen LogP contribution in [-0.4, -0.2) is 31.4 Å². The van der Waals surface area contributed by atoms with Crippen LogP contribution in [-0.2, 0) is 4.74 Å². The van der Waals surface area contributed by atoms with Crippen molar-refractivity contribution in [2.24, 2.45) is 0 Å². The van der Waals surface area contributed by atoms with Crippen LogP contribution in [0.15, 0.2) is 18.2 Å². The molecule has 1 saturated carbocycles. The van der Waals surface area contributed by atoms with Crippen molar-refractivity contribution >= 4 is 11.6 Å². The van der Waals surface area contributed by atoms with Crippen LogP contribution in [0.1, 0.15) is 25.7 Å². The van der Waals surface area contributed by atoms with Crippen molar-refractivity contribution in [3.05, 3.63) is 29.0 Å². The van der Waals surface area contributed by atoms with Crippen LogP contribution in [0.3, 0.4) is 0 Å². The second-order valence-electron chi connectivity index (χ2n) is 5.53. The maximum Gasteiger partial charge on any atom is 0.138 e. The molecular formula is C15H19ClFNO2. The molecule has 2 atom stereocenters. The molecule has 5 heteroatoms. The number of hydrogen-bond acceptors (Lipinski definition) is 3. The summed E-state index contributed by atoms with van der Waals surface area (Å²) >= 11 is 5.92. The van der Waals surface area contributed by atoms with E-state index in [0.717, 1.165) is 19.4 Å². The standard InChI is InChI=1S/C15H19ClFNO2/c16-14-7-10(17)1-6-15(14)19-9-13-5-4-12(20-13)8-18-11-2-3-11/h1,6-7,11-13,18H,2-5,8-9H2. The molecule has 110 valence electrons. The Kier molecular flexibility index (Phi) is 4.44. The summed E-state index contributed by atoms with van der Waals surface area (Å²) < 4.78 is 24.5. The van der Waals surface area contributed by atoms with E-state index >= 15 is 0 Å². The average molecular weight is 300 g/mol. The third-order valence-corrected chi connectivity index (χ3v) is 4.02. The molecule has 0 aromatic heterocycles. The minimum Gasteiger partial charge on any atom is -0.489 e. The lowest BCUT2D eigenvalue weighted by Gasteiger charge is -2.15. The molecule has 0 amide bonds. The maximum atomic E-state index is 12.9. The van der Waals surface area contributed by atoms with Crippen LogP contribution >= 0.6 is 11.6 Å². The lowest BCUT2D eigenvalue weighted by molar-refractivity contribution is 0.0184. The topological polar surface area (TPSA) is 30.5 Å². The summed E-state index contributed by atoms with van der Waals surface area (Å²) in [5.74, 6) is 0.155. The van der Waals surface area contributed by atoms with Gasteiger partial charge in [-0.25, -0.2) is 4.39 Å². The number of hydrogen-bond donors (Lipinski definition) is 1. The van der Waals surface area contributed by atoms with Gasteiger partial charge in [0.1, 0.15) is 18.2 Å². The van der Waals surface area contributed by atoms with Gasteiger partial charge in [0.25, 0.3) is 0 Å². The van der Waals surface area contributed by atoms with Gasteiger partial charge in [0.2, 0.25) is 0 Å². The Morgan fingerprint density at radius 3 is 2.80 bits per heavy atom. The lowest BCUT2D eigenvalue weighted by atomic mass is 10.2. The minimum atomic E-state index is -0.356. The van der Waals surface area contributed by atoms with E-state index in [-0.39, 0.29) is 18.0 Å². The quantitative estimate of drug-likeness (QED) is 0.875. The average Bonchev–Trinajstić information content (AvgIpc) is 3.14. The molecule has 2 unspecified atom stereocenters. The number of rotatable bonds is 6. The molecule has 1 saturated heterocycles. The Morgan fingerprint density at radius 1 is 1.25 bits per heavy atom. The number of benzene rings is 1. The monoisotopic (exact) mass is 299 g/mol. The van der Waals surface area contributed by atoms with Crippen LogP contribution in [0, 0.1) is 5.82 Å². The maximum absolute atomic E-state index is 12.9. The Balaban J connectivity index is 1.42. The van der Waals surface area contributed by atoms with Crippen molar-refractivity contribution in [2.75, 3.05) is 13.2 Å². The first-order valence-corrected chi connectivity index (χ1v) is 7.55. The van der Waals surface area contributed by atoms with Crippen LogP contribution < -0.4 is 10.1 Å². The van der Waals surface area contributed by atoms with E-state index in [9.17, 15) is 4.39 Å². The molecule has 20 heavy (non-hydrogen) atoms. The molecule has 1 aromatic carbocycles. The Morgan fingerprint density at radius 2 is 2.05 bits per heavy atom. The van der Waals surface area contributed by atoms with Gasteiger partial charge in [-0.05, 0) is 43.9 Å². The zero-order valence-electron chi connectivity index (χ0n) is 11.3. The van der Waals surface area contributed by atoms with Crippen molar-refractivity contribution < 1.29 is 13.9 Å². The van der Waals surface area contributed by atoms with E-state index in [1.54, 1.807) is 6.07 Å². The van der Waals surface area contributed by atoms with Crippen molar-refractivity contribution in [1.29, 1.82) is 0 Å². The van der Waals surface area contributed by atoms with Crippen molar-refractivity contribution in [3.63, 3.8) is 0 Å². The van der Waals surface area contributed by atoms with E-state index in [1.807, 2.05) is 0 Å². The van der Waals surface area contributed by atoms with Crippen LogP contribution in [0.4, 0.5) is 4.39 Å². The molecule has 3 nitrogen and oxygen atoms in total. The van der Waals surface area contributed by atoms with Gasteiger partial charge < -0.3 is 14.8 Å². The predicted octanol–water partition coefficient (Wildman–Crippen LogP) is 3.16. The van der Waals surface area contributed by atoms with Gasteiger partial charge in [0.15, 0.2) is 0 Å². The molecule has 1 aliphatic heterocycles. The third kappa shape index (κ3) is 3.84. The largest absolute Gasteiger partial charge is 0.489 e. The summed E-state index contributed by atoms with van der Waals surface area (Å²) in [6, 6.07) is 4.87. The second-order valence-corrected chi connectivity index (χ2v) is 5.93. The van der Waals surface area contributed by atoms with E-state index < -0.39 is 0 Å². The Bertz CT molecular complexity index is 467. The van der Waals surface area contributed by atoms with Crippen molar-refractivity contribution in [2.45, 2.75) is 43.9 Å². The van der Waals surface area contributed by atoms with Gasteiger partial charge in [-0.3, -0.25) is 0 Å². The number of ether oxygens (including phenoxy) is 2. The molecule has 0 radical (unpaired) electrons. The molecule has 1 heterocycles. The van der Waals surface area contributed by atoms with Gasteiger partial charge in [-0.2, -0.15) is 0 Å². The van der Waals surface area contributed by atoms with Crippen LogP contribution in [0.2, 0.25) is 5.02 Å². The van der Waals surface area contributed by atoms with Crippen LogP contribution in [0.5, 0.6) is 5.75 Å². The number of nitrogens with one attached hydrogen (secondary N) is 1. The first-order valence-electron chi connectivity index (χ1n) is 7.17. The van der Waals surface area contributed by atoms with Crippen molar-refractivity contribution in [1.82, 2.24) is 5.32 Å². The molecule has 0 spiro atoms. The zero-order chi connectivity index (χ0) is 13.9. The summed E-state index contributed by atoms with van der Waals surface area (Å²) in [4.78, 5) is 0. The van der Waals surface area contributed by atoms with Gasteiger partial charge in [0.05, 0.1) is 17.2 Å². The fraction of sp³-hybridized carbons (Fsp3) is 0.600. The highest BCUT2D eigenvalue weighted by Gasteiger charge is 2.28. The molecule has 1 N–H and O–H groups in total. The molecular weight excluding hydrogens is 281 g/mol. The third-order valence-electron chi connectivity index (χ3n) is 3.73. The Labute approximate surface area is 123 Å². The smallest absolute Gasteiger partial charge is 0.138 e. The van der Waals surface area contributed by atoms with Gasteiger partial charge in [0, 0.05) is 12.6 Å². The highest BCUT2D eigenvalue weighted by Crippen LogP contribution is 2.27. The summed E-state index contributed by atoms with van der Waals surface area (Å²) in [5, 5.41) is 3.78. The molecule has 1 aliphatic carbocycles. The van der Waals surface area contributed by atoms with Gasteiger partial charge >= 0.3 is 0 Å². The fourth-order valence-electron chi connectivity index (χ4n) is 2.41. The molecule has 3 rings (SSSR count). The normalized spacial score (nSPS) is 25.9. The van der Waals surface area contributed by atoms with Crippen LogP contribution in [0.25, 0.3) is 0 Å². The molecule has 0 bridgehead atoms. The highest BCUT2D eigenvalue weighted by atomic mass is 35.5. The highest BCUT2D eigenvalue weighted by molar-refractivity contribution is 6.32. The van der Waals surface area contributed by atoms with Crippen molar-refractivity contribution in [3.8, 4) is 5.75 Å². The first kappa shape index (κ1) is 14.1. The SMILES string of the molecule is Fc1ccc(OCC2CCC(CNC3CC3)O2)c(Cl)c1. The fourth-order valence-corrected chi connectivity index (χ4v) is 2.64. The second kappa shape index (κ2) is 6.29. The Hall–Kier alpha value is -0.840. The summed E-state index contributed by atoms with van der Waals surface area (Å²) in [7, 11) is 0. The van der Waals surface area contributed by atoms with E-state index in [1.165, 1.54) is 25.0 Å². The van der Waals surface area contributed by atoms with E-state index in [0.29, 0.717) is 23.4 Å². The summed E-state index contributed by atoms with van der Waals surface area (Å²) in [6.45, 7) is 1.39. The molecule has 2 fully saturated rings.